The van der Waals surface area contributed by atoms with Gasteiger partial charge in [-0.2, -0.15) is 0 Å². The number of carbonyl (C=O) groups excluding carboxylic acids is 1. The maximum Gasteiger partial charge on any atom is 0.255 e. The van der Waals surface area contributed by atoms with Crippen molar-refractivity contribution >= 4 is 5.91 Å². The van der Waals surface area contributed by atoms with Gasteiger partial charge in [-0.1, -0.05) is 26.0 Å². The van der Waals surface area contributed by atoms with E-state index in [1.54, 1.807) is 12.1 Å². The van der Waals surface area contributed by atoms with Gasteiger partial charge in [-0.05, 0) is 24.5 Å². The summed E-state index contributed by atoms with van der Waals surface area (Å²) in [6, 6.07) is 5.25. The number of aromatic hydroxyl groups is 1. The molecule has 0 bridgehead atoms. The molecule has 3 nitrogen and oxygen atoms in total. The Bertz CT molecular complexity index is 347. The van der Waals surface area contributed by atoms with Gasteiger partial charge in [-0.25, -0.2) is 0 Å². The first kappa shape index (κ1) is 11.6. The number of aryl methyl sites for hydroxylation is 1. The number of para-hydroxylation sites is 1. The number of carbonyl (C=O) groups is 1. The van der Waals surface area contributed by atoms with Crippen molar-refractivity contribution in [2.75, 3.05) is 6.54 Å². The Morgan fingerprint density at radius 2 is 2.13 bits per heavy atom. The molecule has 82 valence electrons. The lowest BCUT2D eigenvalue weighted by molar-refractivity contribution is 0.0951. The molecule has 3 heteroatoms. The van der Waals surface area contributed by atoms with E-state index in [-0.39, 0.29) is 11.7 Å². The van der Waals surface area contributed by atoms with Gasteiger partial charge in [0.1, 0.15) is 5.75 Å². The molecule has 0 saturated carbocycles. The molecular weight excluding hydrogens is 190 g/mol. The van der Waals surface area contributed by atoms with Crippen molar-refractivity contribution in [3.05, 3.63) is 29.3 Å². The summed E-state index contributed by atoms with van der Waals surface area (Å²) in [5.74, 6) is -0.0988. The summed E-state index contributed by atoms with van der Waals surface area (Å²) in [4.78, 5) is 11.6. The number of hydrogen-bond donors (Lipinski definition) is 2. The smallest absolute Gasteiger partial charge is 0.255 e. The third-order valence-electron chi connectivity index (χ3n) is 2.28. The van der Waals surface area contributed by atoms with Crippen LogP contribution >= 0.6 is 0 Å². The van der Waals surface area contributed by atoms with Crippen LogP contribution < -0.4 is 5.32 Å². The highest BCUT2D eigenvalue weighted by molar-refractivity contribution is 5.97. The summed E-state index contributed by atoms with van der Waals surface area (Å²) in [6.07, 6.45) is 1.61. The minimum atomic E-state index is -0.204. The third-order valence-corrected chi connectivity index (χ3v) is 2.28. The average molecular weight is 207 g/mol. The molecule has 1 aromatic rings. The van der Waals surface area contributed by atoms with E-state index in [9.17, 15) is 9.90 Å². The van der Waals surface area contributed by atoms with Crippen LogP contribution in [0.1, 0.15) is 36.2 Å². The van der Waals surface area contributed by atoms with E-state index < -0.39 is 0 Å². The first-order chi connectivity index (χ1) is 7.20. The van der Waals surface area contributed by atoms with Gasteiger partial charge in [0, 0.05) is 6.54 Å². The molecule has 15 heavy (non-hydrogen) atoms. The SMILES string of the molecule is CCCNC(=O)c1cccc(CC)c1O. The van der Waals surface area contributed by atoms with E-state index in [1.165, 1.54) is 0 Å². The summed E-state index contributed by atoms with van der Waals surface area (Å²) in [6.45, 7) is 4.57. The Morgan fingerprint density at radius 3 is 2.73 bits per heavy atom. The van der Waals surface area contributed by atoms with Crippen LogP contribution in [0.15, 0.2) is 18.2 Å². The van der Waals surface area contributed by atoms with Gasteiger partial charge in [0.15, 0.2) is 0 Å². The summed E-state index contributed by atoms with van der Waals surface area (Å²) in [7, 11) is 0. The number of amides is 1. The van der Waals surface area contributed by atoms with Crippen LogP contribution in [0.3, 0.4) is 0 Å². The van der Waals surface area contributed by atoms with Gasteiger partial charge in [0.05, 0.1) is 5.56 Å². The summed E-state index contributed by atoms with van der Waals surface area (Å²) in [5, 5.41) is 12.5. The Kier molecular flexibility index (Phi) is 4.16. The normalized spacial score (nSPS) is 10.0. The van der Waals surface area contributed by atoms with Crippen LogP contribution in [0.25, 0.3) is 0 Å². The van der Waals surface area contributed by atoms with Gasteiger partial charge in [-0.15, -0.1) is 0 Å². The molecule has 0 aromatic heterocycles. The Labute approximate surface area is 90.1 Å². The summed E-state index contributed by atoms with van der Waals surface area (Å²) >= 11 is 0. The van der Waals surface area contributed by atoms with E-state index in [4.69, 9.17) is 0 Å². The highest BCUT2D eigenvalue weighted by Crippen LogP contribution is 2.22. The molecule has 0 aliphatic heterocycles. The van der Waals surface area contributed by atoms with Crippen LogP contribution in [0.2, 0.25) is 0 Å². The van der Waals surface area contributed by atoms with E-state index in [0.717, 1.165) is 18.4 Å². The third kappa shape index (κ3) is 2.72. The van der Waals surface area contributed by atoms with Crippen molar-refractivity contribution in [1.29, 1.82) is 0 Å². The molecule has 1 rings (SSSR count). The predicted octanol–water partition coefficient (Wildman–Crippen LogP) is 2.09. The summed E-state index contributed by atoms with van der Waals surface area (Å²) < 4.78 is 0. The van der Waals surface area contributed by atoms with Crippen LogP contribution in [-0.4, -0.2) is 17.6 Å². The van der Waals surface area contributed by atoms with Crippen molar-refractivity contribution in [3.63, 3.8) is 0 Å². The van der Waals surface area contributed by atoms with Crippen molar-refractivity contribution in [1.82, 2.24) is 5.32 Å². The Morgan fingerprint density at radius 1 is 1.40 bits per heavy atom. The van der Waals surface area contributed by atoms with Crippen LogP contribution in [0, 0.1) is 0 Å². The molecule has 0 fully saturated rings. The molecule has 0 atom stereocenters. The van der Waals surface area contributed by atoms with E-state index in [1.807, 2.05) is 19.9 Å². The molecular formula is C12H17NO2. The maximum atomic E-state index is 11.6. The second-order valence-electron chi connectivity index (χ2n) is 3.42. The topological polar surface area (TPSA) is 49.3 Å². The zero-order chi connectivity index (χ0) is 11.3. The fourth-order valence-corrected chi connectivity index (χ4v) is 1.39. The molecule has 1 amide bonds. The lowest BCUT2D eigenvalue weighted by atomic mass is 10.1. The number of benzene rings is 1. The first-order valence-electron chi connectivity index (χ1n) is 5.29. The van der Waals surface area contributed by atoms with Crippen molar-refractivity contribution in [2.45, 2.75) is 26.7 Å². The lowest BCUT2D eigenvalue weighted by Crippen LogP contribution is -2.24. The van der Waals surface area contributed by atoms with Crippen LogP contribution in [-0.2, 0) is 6.42 Å². The standard InChI is InChI=1S/C12H17NO2/c1-3-8-13-12(15)10-7-5-6-9(4-2)11(10)14/h5-7,14H,3-4,8H2,1-2H3,(H,13,15). The van der Waals surface area contributed by atoms with Gasteiger partial charge in [0.25, 0.3) is 5.91 Å². The number of phenolic OH excluding ortho intramolecular Hbond substituents is 1. The van der Waals surface area contributed by atoms with Crippen molar-refractivity contribution < 1.29 is 9.90 Å². The highest BCUT2D eigenvalue weighted by Gasteiger charge is 2.12. The zero-order valence-electron chi connectivity index (χ0n) is 9.21. The zero-order valence-corrected chi connectivity index (χ0v) is 9.21. The molecule has 0 spiro atoms. The molecule has 0 radical (unpaired) electrons. The molecule has 0 aliphatic rings. The van der Waals surface area contributed by atoms with Crippen molar-refractivity contribution in [3.8, 4) is 5.75 Å². The van der Waals surface area contributed by atoms with Gasteiger partial charge in [0.2, 0.25) is 0 Å². The minimum Gasteiger partial charge on any atom is -0.507 e. The van der Waals surface area contributed by atoms with E-state index in [2.05, 4.69) is 5.32 Å². The van der Waals surface area contributed by atoms with E-state index in [0.29, 0.717) is 12.1 Å². The van der Waals surface area contributed by atoms with Gasteiger partial charge >= 0.3 is 0 Å². The van der Waals surface area contributed by atoms with Crippen molar-refractivity contribution in [2.24, 2.45) is 0 Å². The quantitative estimate of drug-likeness (QED) is 0.794. The van der Waals surface area contributed by atoms with Gasteiger partial charge in [-0.3, -0.25) is 4.79 Å². The maximum absolute atomic E-state index is 11.6. The summed E-state index contributed by atoms with van der Waals surface area (Å²) in [5.41, 5.74) is 1.17. The molecule has 0 heterocycles. The first-order valence-corrected chi connectivity index (χ1v) is 5.29. The molecule has 0 unspecified atom stereocenters. The van der Waals surface area contributed by atoms with Gasteiger partial charge < -0.3 is 10.4 Å². The average Bonchev–Trinajstić information content (AvgIpc) is 2.26. The molecule has 0 saturated heterocycles. The Balaban J connectivity index is 2.89. The molecule has 1 aromatic carbocycles. The molecule has 0 aliphatic carbocycles. The molecule has 2 N–H and O–H groups in total. The van der Waals surface area contributed by atoms with Crippen LogP contribution in [0.4, 0.5) is 0 Å². The fourth-order valence-electron chi connectivity index (χ4n) is 1.39. The Hall–Kier alpha value is -1.51. The number of phenols is 1. The number of hydrogen-bond acceptors (Lipinski definition) is 2. The monoisotopic (exact) mass is 207 g/mol. The minimum absolute atomic E-state index is 0.105. The van der Waals surface area contributed by atoms with E-state index >= 15 is 0 Å². The number of rotatable bonds is 4. The second kappa shape index (κ2) is 5.39. The highest BCUT2D eigenvalue weighted by atomic mass is 16.3. The number of nitrogens with one attached hydrogen (secondary N) is 1. The van der Waals surface area contributed by atoms with Crippen LogP contribution in [0.5, 0.6) is 5.75 Å². The largest absolute Gasteiger partial charge is 0.507 e. The second-order valence-corrected chi connectivity index (χ2v) is 3.42. The fraction of sp³-hybridized carbons (Fsp3) is 0.417. The lowest BCUT2D eigenvalue weighted by Gasteiger charge is -2.08. The predicted molar refractivity (Wildman–Crippen MR) is 60.1 cm³/mol.